The van der Waals surface area contributed by atoms with Crippen LogP contribution >= 0.6 is 0 Å². The number of benzene rings is 1. The molecule has 3 nitrogen and oxygen atoms in total. The Hall–Kier alpha value is -1.13. The van der Waals surface area contributed by atoms with Gasteiger partial charge in [-0.05, 0) is 30.0 Å². The van der Waals surface area contributed by atoms with Gasteiger partial charge >= 0.3 is 0 Å². The molecule has 0 aliphatic rings. The molecule has 1 N–H and O–H groups in total. The molecule has 114 valence electrons. The summed E-state index contributed by atoms with van der Waals surface area (Å²) in [4.78, 5) is 1.98. The van der Waals surface area contributed by atoms with E-state index in [1.165, 1.54) is 0 Å². The fourth-order valence-electron chi connectivity index (χ4n) is 1.95. The van der Waals surface area contributed by atoms with E-state index in [0.29, 0.717) is 24.8 Å². The van der Waals surface area contributed by atoms with Crippen LogP contribution in [0.4, 0.5) is 10.1 Å². The Bertz CT molecular complexity index is 396. The molecule has 1 aromatic carbocycles. The summed E-state index contributed by atoms with van der Waals surface area (Å²) >= 11 is 0. The van der Waals surface area contributed by atoms with Crippen LogP contribution in [-0.4, -0.2) is 33.9 Å². The van der Waals surface area contributed by atoms with Crippen molar-refractivity contribution in [3.63, 3.8) is 0 Å². The molecule has 4 heteroatoms. The van der Waals surface area contributed by atoms with Gasteiger partial charge in [0.1, 0.15) is 5.82 Å². The van der Waals surface area contributed by atoms with E-state index in [4.69, 9.17) is 4.74 Å². The Labute approximate surface area is 122 Å². The second-order valence-electron chi connectivity index (χ2n) is 5.56. The minimum Gasteiger partial charge on any atom is -0.383 e. The number of hydrogen-bond acceptors (Lipinski definition) is 3. The highest BCUT2D eigenvalue weighted by molar-refractivity contribution is 5.48. The summed E-state index contributed by atoms with van der Waals surface area (Å²) in [6.07, 6.45) is 1.07. The number of methoxy groups -OCH3 is 1. The van der Waals surface area contributed by atoms with Gasteiger partial charge in [-0.15, -0.1) is 0 Å². The molecule has 0 aromatic heterocycles. The second-order valence-corrected chi connectivity index (χ2v) is 5.56. The normalized spacial score (nSPS) is 11.1. The minimum atomic E-state index is -0.151. The number of anilines is 1. The molecule has 0 saturated carbocycles. The summed E-state index contributed by atoms with van der Waals surface area (Å²) in [7, 11) is 3.61. The van der Waals surface area contributed by atoms with Gasteiger partial charge in [0, 0.05) is 33.8 Å². The predicted molar refractivity (Wildman–Crippen MR) is 82.7 cm³/mol. The van der Waals surface area contributed by atoms with Crippen molar-refractivity contribution in [2.75, 3.05) is 38.8 Å². The quantitative estimate of drug-likeness (QED) is 0.705. The maximum atomic E-state index is 14.1. The molecule has 20 heavy (non-hydrogen) atoms. The zero-order chi connectivity index (χ0) is 15.0. The molecule has 0 aliphatic carbocycles. The molecule has 0 fully saturated rings. The lowest BCUT2D eigenvalue weighted by Crippen LogP contribution is -2.22. The molecule has 0 amide bonds. The van der Waals surface area contributed by atoms with Gasteiger partial charge in [0.15, 0.2) is 0 Å². The lowest BCUT2D eigenvalue weighted by atomic mass is 10.1. The Kier molecular flexibility index (Phi) is 7.55. The molecule has 0 unspecified atom stereocenters. The van der Waals surface area contributed by atoms with E-state index in [9.17, 15) is 4.39 Å². The van der Waals surface area contributed by atoms with Crippen molar-refractivity contribution in [2.45, 2.75) is 26.8 Å². The van der Waals surface area contributed by atoms with Crippen LogP contribution in [0.2, 0.25) is 0 Å². The highest BCUT2D eigenvalue weighted by Gasteiger charge is 2.09. The first-order chi connectivity index (χ1) is 9.54. The van der Waals surface area contributed by atoms with E-state index in [-0.39, 0.29) is 5.82 Å². The van der Waals surface area contributed by atoms with Crippen LogP contribution in [0.25, 0.3) is 0 Å². The minimum absolute atomic E-state index is 0.151. The van der Waals surface area contributed by atoms with E-state index in [2.05, 4.69) is 19.2 Å². The summed E-state index contributed by atoms with van der Waals surface area (Å²) in [5.41, 5.74) is 1.63. The lowest BCUT2D eigenvalue weighted by molar-refractivity contribution is 0.199. The third kappa shape index (κ3) is 5.88. The third-order valence-electron chi connectivity index (χ3n) is 3.28. The Morgan fingerprint density at radius 2 is 2.10 bits per heavy atom. The van der Waals surface area contributed by atoms with E-state index in [0.717, 1.165) is 25.1 Å². The van der Waals surface area contributed by atoms with Gasteiger partial charge < -0.3 is 15.0 Å². The number of halogens is 1. The van der Waals surface area contributed by atoms with Crippen LogP contribution in [-0.2, 0) is 11.3 Å². The summed E-state index contributed by atoms with van der Waals surface area (Å²) in [6, 6.07) is 5.45. The third-order valence-corrected chi connectivity index (χ3v) is 3.28. The van der Waals surface area contributed by atoms with Crippen molar-refractivity contribution in [1.29, 1.82) is 0 Å². The number of hydrogen-bond donors (Lipinski definition) is 1. The first-order valence-corrected chi connectivity index (χ1v) is 7.23. The Morgan fingerprint density at radius 1 is 1.35 bits per heavy atom. The van der Waals surface area contributed by atoms with E-state index >= 15 is 0 Å². The van der Waals surface area contributed by atoms with Crippen LogP contribution < -0.4 is 10.2 Å². The van der Waals surface area contributed by atoms with Crippen molar-refractivity contribution in [3.05, 3.63) is 29.6 Å². The summed E-state index contributed by atoms with van der Waals surface area (Å²) in [5, 5.41) is 3.21. The van der Waals surface area contributed by atoms with Crippen molar-refractivity contribution < 1.29 is 9.13 Å². The predicted octanol–water partition coefficient (Wildman–Crippen LogP) is 3.04. The number of ether oxygens (including phenoxy) is 1. The van der Waals surface area contributed by atoms with Gasteiger partial charge in [-0.25, -0.2) is 4.39 Å². The number of rotatable bonds is 9. The Balaban J connectivity index is 2.54. The number of nitrogens with zero attached hydrogens (tertiary/aromatic N) is 1. The fraction of sp³-hybridized carbons (Fsp3) is 0.625. The second kappa shape index (κ2) is 8.93. The van der Waals surface area contributed by atoms with Crippen molar-refractivity contribution >= 4 is 5.69 Å². The standard InChI is InChI=1S/C16H27FN2O/c1-13(2)7-9-19(3)16-6-5-14(11-15(16)17)12-18-8-10-20-4/h5-6,11,13,18H,7-10,12H2,1-4H3. The monoisotopic (exact) mass is 282 g/mol. The van der Waals surface area contributed by atoms with Gasteiger partial charge in [-0.2, -0.15) is 0 Å². The largest absolute Gasteiger partial charge is 0.383 e. The summed E-state index contributed by atoms with van der Waals surface area (Å²) < 4.78 is 19.1. The molecule has 0 atom stereocenters. The fourth-order valence-corrected chi connectivity index (χ4v) is 1.95. The molecular weight excluding hydrogens is 255 g/mol. The van der Waals surface area contributed by atoms with Gasteiger partial charge in [0.25, 0.3) is 0 Å². The molecule has 0 spiro atoms. The molecule has 0 heterocycles. The van der Waals surface area contributed by atoms with Crippen molar-refractivity contribution in [2.24, 2.45) is 5.92 Å². The van der Waals surface area contributed by atoms with Crippen molar-refractivity contribution in [3.8, 4) is 0 Å². The molecular formula is C16H27FN2O. The summed E-state index contributed by atoms with van der Waals surface area (Å²) in [5.74, 6) is 0.479. The van der Waals surface area contributed by atoms with Crippen LogP contribution in [0, 0.1) is 11.7 Å². The van der Waals surface area contributed by atoms with Crippen molar-refractivity contribution in [1.82, 2.24) is 5.32 Å². The van der Waals surface area contributed by atoms with Crippen LogP contribution in [0.1, 0.15) is 25.8 Å². The van der Waals surface area contributed by atoms with E-state index in [1.54, 1.807) is 13.2 Å². The molecule has 0 bridgehead atoms. The van der Waals surface area contributed by atoms with E-state index < -0.39 is 0 Å². The average Bonchev–Trinajstić information content (AvgIpc) is 2.41. The molecule has 1 aromatic rings. The highest BCUT2D eigenvalue weighted by Crippen LogP contribution is 2.20. The zero-order valence-corrected chi connectivity index (χ0v) is 13.1. The van der Waals surface area contributed by atoms with Crippen LogP contribution in [0.15, 0.2) is 18.2 Å². The first-order valence-electron chi connectivity index (χ1n) is 7.23. The highest BCUT2D eigenvalue weighted by atomic mass is 19.1. The van der Waals surface area contributed by atoms with Crippen LogP contribution in [0.5, 0.6) is 0 Å². The SMILES string of the molecule is COCCNCc1ccc(N(C)CCC(C)C)c(F)c1. The topological polar surface area (TPSA) is 24.5 Å². The number of nitrogens with one attached hydrogen (secondary N) is 1. The van der Waals surface area contributed by atoms with E-state index in [1.807, 2.05) is 24.1 Å². The van der Waals surface area contributed by atoms with Gasteiger partial charge in [0.05, 0.1) is 12.3 Å². The molecule has 0 saturated heterocycles. The van der Waals surface area contributed by atoms with Crippen LogP contribution in [0.3, 0.4) is 0 Å². The smallest absolute Gasteiger partial charge is 0.146 e. The van der Waals surface area contributed by atoms with Gasteiger partial charge in [0.2, 0.25) is 0 Å². The lowest BCUT2D eigenvalue weighted by Gasteiger charge is -2.21. The Morgan fingerprint density at radius 3 is 2.70 bits per heavy atom. The molecule has 1 rings (SSSR count). The van der Waals surface area contributed by atoms with Gasteiger partial charge in [-0.1, -0.05) is 19.9 Å². The average molecular weight is 282 g/mol. The van der Waals surface area contributed by atoms with Gasteiger partial charge in [-0.3, -0.25) is 0 Å². The molecule has 0 radical (unpaired) electrons. The zero-order valence-electron chi connectivity index (χ0n) is 13.1. The summed E-state index contributed by atoms with van der Waals surface area (Å²) in [6.45, 7) is 7.33. The first kappa shape index (κ1) is 16.9. The maximum Gasteiger partial charge on any atom is 0.146 e. The maximum absolute atomic E-state index is 14.1. The molecule has 0 aliphatic heterocycles.